The first kappa shape index (κ1) is 15.4. The molecule has 2 aromatic carbocycles. The van der Waals surface area contributed by atoms with Gasteiger partial charge in [-0.25, -0.2) is 0 Å². The molecule has 0 amide bonds. The van der Waals surface area contributed by atoms with E-state index in [1.54, 1.807) is 24.3 Å². The third-order valence-electron chi connectivity index (χ3n) is 3.42. The molecule has 0 spiro atoms. The summed E-state index contributed by atoms with van der Waals surface area (Å²) < 4.78 is 28.5. The van der Waals surface area contributed by atoms with E-state index in [0.29, 0.717) is 6.54 Å². The molecule has 0 aromatic heterocycles. The number of nitrogens with one attached hydrogen (secondary N) is 1. The topological polar surface area (TPSA) is 21.3 Å². The van der Waals surface area contributed by atoms with Crippen molar-refractivity contribution >= 4 is 0 Å². The summed E-state index contributed by atoms with van der Waals surface area (Å²) in [5.41, 5.74) is 3.53. The molecule has 1 N–H and O–H groups in total. The molecule has 0 heterocycles. The molecule has 0 aliphatic heterocycles. The maximum absolute atomic E-state index is 12.1. The Balaban J connectivity index is 1.92. The van der Waals surface area contributed by atoms with Gasteiger partial charge in [0.05, 0.1) is 0 Å². The number of benzene rings is 2. The summed E-state index contributed by atoms with van der Waals surface area (Å²) >= 11 is 0. The predicted octanol–water partition coefficient (Wildman–Crippen LogP) is 4.45. The molecule has 4 heteroatoms. The molecule has 0 radical (unpaired) electrons. The molecular weight excluding hydrogens is 272 g/mol. The van der Waals surface area contributed by atoms with E-state index >= 15 is 0 Å². The first-order valence-corrected chi connectivity index (χ1v) is 6.89. The third-order valence-corrected chi connectivity index (χ3v) is 3.42. The van der Waals surface area contributed by atoms with Crippen LogP contribution in [0.2, 0.25) is 0 Å². The number of halogens is 2. The minimum atomic E-state index is -2.78. The van der Waals surface area contributed by atoms with Crippen molar-refractivity contribution in [3.63, 3.8) is 0 Å². The monoisotopic (exact) mass is 291 g/mol. The van der Waals surface area contributed by atoms with Crippen molar-refractivity contribution in [3.05, 3.63) is 65.2 Å². The quantitative estimate of drug-likeness (QED) is 0.849. The fraction of sp³-hybridized carbons (Fsp3) is 0.294. The highest BCUT2D eigenvalue weighted by Gasteiger charge is 2.08. The van der Waals surface area contributed by atoms with Crippen LogP contribution in [-0.4, -0.2) is 6.61 Å². The van der Waals surface area contributed by atoms with Gasteiger partial charge in [0, 0.05) is 12.6 Å². The lowest BCUT2D eigenvalue weighted by molar-refractivity contribution is -0.0498. The predicted molar refractivity (Wildman–Crippen MR) is 79.5 cm³/mol. The summed E-state index contributed by atoms with van der Waals surface area (Å²) in [5, 5.41) is 3.43. The number of rotatable bonds is 6. The van der Waals surface area contributed by atoms with Gasteiger partial charge in [0.15, 0.2) is 0 Å². The van der Waals surface area contributed by atoms with Gasteiger partial charge in [0.2, 0.25) is 0 Å². The lowest BCUT2D eigenvalue weighted by atomic mass is 10.0. The summed E-state index contributed by atoms with van der Waals surface area (Å²) in [6.45, 7) is 2.08. The van der Waals surface area contributed by atoms with E-state index in [1.165, 1.54) is 11.1 Å². The molecule has 1 atom stereocenters. The van der Waals surface area contributed by atoms with E-state index in [-0.39, 0.29) is 11.8 Å². The van der Waals surface area contributed by atoms with Crippen LogP contribution in [0.5, 0.6) is 5.75 Å². The Bertz CT molecular complexity index is 569. The first-order chi connectivity index (χ1) is 10.1. The smallest absolute Gasteiger partial charge is 0.387 e. The Morgan fingerprint density at radius 1 is 1.05 bits per heavy atom. The summed E-state index contributed by atoms with van der Waals surface area (Å²) in [6, 6.07) is 15.2. The molecule has 2 nitrogen and oxygen atoms in total. The molecular formula is C17H19F2NO. The number of aryl methyl sites for hydroxylation is 1. The SMILES string of the molecule is Cc1ccccc1[C@H](C)NCc1ccc(OC(F)F)cc1. The lowest BCUT2D eigenvalue weighted by Gasteiger charge is -2.16. The van der Waals surface area contributed by atoms with Gasteiger partial charge in [0.25, 0.3) is 0 Å². The molecule has 2 rings (SSSR count). The molecule has 21 heavy (non-hydrogen) atoms. The second kappa shape index (κ2) is 7.18. The zero-order chi connectivity index (χ0) is 15.2. The fourth-order valence-corrected chi connectivity index (χ4v) is 2.24. The van der Waals surface area contributed by atoms with Gasteiger partial charge in [-0.3, -0.25) is 0 Å². The number of ether oxygens (including phenoxy) is 1. The molecule has 0 unspecified atom stereocenters. The van der Waals surface area contributed by atoms with Crippen LogP contribution in [0.1, 0.15) is 29.7 Å². The van der Waals surface area contributed by atoms with Crippen molar-refractivity contribution in [2.24, 2.45) is 0 Å². The van der Waals surface area contributed by atoms with Crippen molar-refractivity contribution in [1.82, 2.24) is 5.32 Å². The van der Waals surface area contributed by atoms with Crippen LogP contribution >= 0.6 is 0 Å². The lowest BCUT2D eigenvalue weighted by Crippen LogP contribution is -2.18. The van der Waals surface area contributed by atoms with Gasteiger partial charge < -0.3 is 10.1 Å². The Hall–Kier alpha value is -1.94. The average molecular weight is 291 g/mol. The van der Waals surface area contributed by atoms with Crippen LogP contribution in [-0.2, 0) is 6.54 Å². The maximum Gasteiger partial charge on any atom is 0.387 e. The van der Waals surface area contributed by atoms with E-state index in [2.05, 4.69) is 36.0 Å². The van der Waals surface area contributed by atoms with Crippen LogP contribution in [0, 0.1) is 6.92 Å². The molecule has 112 valence electrons. The molecule has 2 aromatic rings. The van der Waals surface area contributed by atoms with Gasteiger partial charge in [-0.2, -0.15) is 8.78 Å². The van der Waals surface area contributed by atoms with E-state index < -0.39 is 6.61 Å². The zero-order valence-electron chi connectivity index (χ0n) is 12.1. The van der Waals surface area contributed by atoms with E-state index in [0.717, 1.165) is 5.56 Å². The van der Waals surface area contributed by atoms with Crippen LogP contribution in [0.15, 0.2) is 48.5 Å². The van der Waals surface area contributed by atoms with Gasteiger partial charge >= 0.3 is 6.61 Å². The minimum Gasteiger partial charge on any atom is -0.435 e. The molecule has 0 saturated carbocycles. The van der Waals surface area contributed by atoms with E-state index in [1.807, 2.05) is 12.1 Å². The van der Waals surface area contributed by atoms with Crippen molar-refractivity contribution in [2.45, 2.75) is 33.0 Å². The van der Waals surface area contributed by atoms with Crippen molar-refractivity contribution in [3.8, 4) is 5.75 Å². The highest BCUT2D eigenvalue weighted by Crippen LogP contribution is 2.18. The molecule has 0 saturated heterocycles. The Morgan fingerprint density at radius 3 is 2.33 bits per heavy atom. The van der Waals surface area contributed by atoms with Crippen molar-refractivity contribution in [2.75, 3.05) is 0 Å². The molecule has 0 aliphatic rings. The number of hydrogen-bond acceptors (Lipinski definition) is 2. The van der Waals surface area contributed by atoms with Gasteiger partial charge in [-0.1, -0.05) is 36.4 Å². The Kier molecular flexibility index (Phi) is 5.28. The first-order valence-electron chi connectivity index (χ1n) is 6.89. The minimum absolute atomic E-state index is 0.181. The molecule has 0 aliphatic carbocycles. The van der Waals surface area contributed by atoms with Crippen molar-refractivity contribution in [1.29, 1.82) is 0 Å². The summed E-state index contributed by atoms with van der Waals surface area (Å²) in [5.74, 6) is 0.181. The van der Waals surface area contributed by atoms with Crippen LogP contribution < -0.4 is 10.1 Å². The van der Waals surface area contributed by atoms with Gasteiger partial charge in [-0.05, 0) is 42.7 Å². The van der Waals surface area contributed by atoms with Crippen molar-refractivity contribution < 1.29 is 13.5 Å². The summed E-state index contributed by atoms with van der Waals surface area (Å²) in [4.78, 5) is 0. The van der Waals surface area contributed by atoms with Gasteiger partial charge in [0.1, 0.15) is 5.75 Å². The summed E-state index contributed by atoms with van der Waals surface area (Å²) in [7, 11) is 0. The van der Waals surface area contributed by atoms with E-state index in [9.17, 15) is 8.78 Å². The second-order valence-corrected chi connectivity index (χ2v) is 4.98. The van der Waals surface area contributed by atoms with Crippen LogP contribution in [0.4, 0.5) is 8.78 Å². The van der Waals surface area contributed by atoms with Crippen LogP contribution in [0.25, 0.3) is 0 Å². The Morgan fingerprint density at radius 2 is 1.71 bits per heavy atom. The highest BCUT2D eigenvalue weighted by atomic mass is 19.3. The van der Waals surface area contributed by atoms with Gasteiger partial charge in [-0.15, -0.1) is 0 Å². The largest absolute Gasteiger partial charge is 0.435 e. The van der Waals surface area contributed by atoms with E-state index in [4.69, 9.17) is 0 Å². The second-order valence-electron chi connectivity index (χ2n) is 4.98. The maximum atomic E-state index is 12.1. The normalized spacial score (nSPS) is 12.4. The zero-order valence-corrected chi connectivity index (χ0v) is 12.1. The molecule has 0 fully saturated rings. The number of hydrogen-bond donors (Lipinski definition) is 1. The standard InChI is InChI=1S/C17H19F2NO/c1-12-5-3-4-6-16(12)13(2)20-11-14-7-9-15(10-8-14)21-17(18)19/h3-10,13,17,20H,11H2,1-2H3/t13-/m0/s1. The summed E-state index contributed by atoms with van der Waals surface area (Å²) in [6.07, 6.45) is 0. The van der Waals surface area contributed by atoms with Crippen LogP contribution in [0.3, 0.4) is 0 Å². The average Bonchev–Trinajstić information content (AvgIpc) is 2.46. The Labute approximate surface area is 123 Å². The number of alkyl halides is 2. The highest BCUT2D eigenvalue weighted by molar-refractivity contribution is 5.29. The third kappa shape index (κ3) is 4.53. The fourth-order valence-electron chi connectivity index (χ4n) is 2.24. The molecule has 0 bridgehead atoms.